The van der Waals surface area contributed by atoms with Crippen molar-refractivity contribution in [3.05, 3.63) is 29.3 Å². The van der Waals surface area contributed by atoms with Gasteiger partial charge in [0.2, 0.25) is 5.91 Å². The fourth-order valence-corrected chi connectivity index (χ4v) is 2.35. The first-order valence-corrected chi connectivity index (χ1v) is 5.55. The largest absolute Gasteiger partial charge is 0.391 e. The van der Waals surface area contributed by atoms with Gasteiger partial charge in [0.15, 0.2) is 0 Å². The molecule has 6 nitrogen and oxygen atoms in total. The third-order valence-electron chi connectivity index (χ3n) is 3.14. The first-order chi connectivity index (χ1) is 8.58. The van der Waals surface area contributed by atoms with Gasteiger partial charge in [-0.1, -0.05) is 6.07 Å². The van der Waals surface area contributed by atoms with E-state index in [1.807, 2.05) is 0 Å². The lowest BCUT2D eigenvalue weighted by atomic mass is 10.1. The van der Waals surface area contributed by atoms with Crippen LogP contribution in [0.3, 0.4) is 0 Å². The standard InChI is InChI=1S/C12H10N2O4/c15-6-4-9(16)14(5-6)8-3-1-2-7-10(8)12(18)13-11(7)17/h1-3,6,15H,4-5H2,(H,13,17,18). The van der Waals surface area contributed by atoms with Gasteiger partial charge in [0.25, 0.3) is 11.8 Å². The lowest BCUT2D eigenvalue weighted by Gasteiger charge is -2.17. The van der Waals surface area contributed by atoms with E-state index in [2.05, 4.69) is 5.32 Å². The molecule has 0 radical (unpaired) electrons. The molecule has 1 atom stereocenters. The molecular formula is C12H10N2O4. The summed E-state index contributed by atoms with van der Waals surface area (Å²) in [6.07, 6.45) is -0.687. The normalized spacial score (nSPS) is 22.4. The number of amides is 3. The molecule has 0 aliphatic carbocycles. The number of carbonyl (C=O) groups is 3. The van der Waals surface area contributed by atoms with Crippen molar-refractivity contribution in [3.8, 4) is 0 Å². The monoisotopic (exact) mass is 246 g/mol. The van der Waals surface area contributed by atoms with Crippen molar-refractivity contribution in [2.45, 2.75) is 12.5 Å². The van der Waals surface area contributed by atoms with Gasteiger partial charge in [-0.25, -0.2) is 0 Å². The van der Waals surface area contributed by atoms with Crippen LogP contribution in [0.5, 0.6) is 0 Å². The molecule has 6 heteroatoms. The molecule has 2 heterocycles. The highest BCUT2D eigenvalue weighted by atomic mass is 16.3. The lowest BCUT2D eigenvalue weighted by molar-refractivity contribution is -0.117. The van der Waals surface area contributed by atoms with Crippen molar-refractivity contribution in [3.63, 3.8) is 0 Å². The Morgan fingerprint density at radius 3 is 2.67 bits per heavy atom. The highest BCUT2D eigenvalue weighted by Gasteiger charge is 2.36. The maximum Gasteiger partial charge on any atom is 0.261 e. The average Bonchev–Trinajstić information content (AvgIpc) is 2.80. The molecule has 3 amide bonds. The topological polar surface area (TPSA) is 86.7 Å². The summed E-state index contributed by atoms with van der Waals surface area (Å²) in [4.78, 5) is 36.3. The summed E-state index contributed by atoms with van der Waals surface area (Å²) in [5.41, 5.74) is 0.869. The number of aliphatic hydroxyl groups is 1. The summed E-state index contributed by atoms with van der Waals surface area (Å²) in [6, 6.07) is 4.76. The Kier molecular flexibility index (Phi) is 2.21. The second-order valence-electron chi connectivity index (χ2n) is 4.35. The predicted octanol–water partition coefficient (Wildman–Crippen LogP) is -0.332. The van der Waals surface area contributed by atoms with Crippen LogP contribution in [0.2, 0.25) is 0 Å². The van der Waals surface area contributed by atoms with Gasteiger partial charge in [0.1, 0.15) is 0 Å². The number of nitrogens with one attached hydrogen (secondary N) is 1. The molecule has 1 unspecified atom stereocenters. The van der Waals surface area contributed by atoms with Crippen molar-refractivity contribution in [2.24, 2.45) is 0 Å². The molecule has 0 bridgehead atoms. The molecule has 1 aromatic rings. The molecule has 0 spiro atoms. The summed E-state index contributed by atoms with van der Waals surface area (Å²) in [7, 11) is 0. The van der Waals surface area contributed by atoms with Crippen LogP contribution in [0.4, 0.5) is 5.69 Å². The number of anilines is 1. The van der Waals surface area contributed by atoms with Gasteiger partial charge in [0.05, 0.1) is 35.9 Å². The van der Waals surface area contributed by atoms with E-state index in [9.17, 15) is 19.5 Å². The number of benzene rings is 1. The number of β-amino-alcohol motifs (C(OH)–C–C–N with tert-alkyl or cyclic N) is 1. The number of carbonyl (C=O) groups excluding carboxylic acids is 3. The Bertz CT molecular complexity index is 581. The highest BCUT2D eigenvalue weighted by Crippen LogP contribution is 2.30. The van der Waals surface area contributed by atoms with Crippen LogP contribution in [0.25, 0.3) is 0 Å². The first kappa shape index (κ1) is 10.9. The Morgan fingerprint density at radius 1 is 1.22 bits per heavy atom. The van der Waals surface area contributed by atoms with E-state index in [1.54, 1.807) is 12.1 Å². The van der Waals surface area contributed by atoms with E-state index in [1.165, 1.54) is 11.0 Å². The van der Waals surface area contributed by atoms with E-state index in [4.69, 9.17) is 0 Å². The van der Waals surface area contributed by atoms with Crippen molar-refractivity contribution in [1.29, 1.82) is 0 Å². The van der Waals surface area contributed by atoms with Crippen LogP contribution < -0.4 is 10.2 Å². The summed E-state index contributed by atoms with van der Waals surface area (Å²) in [5.74, 6) is -1.20. The maximum atomic E-state index is 11.7. The highest BCUT2D eigenvalue weighted by molar-refractivity contribution is 6.24. The summed E-state index contributed by atoms with van der Waals surface area (Å²) in [6.45, 7) is 0.150. The number of hydrogen-bond donors (Lipinski definition) is 2. The van der Waals surface area contributed by atoms with Gasteiger partial charge in [0, 0.05) is 0 Å². The van der Waals surface area contributed by atoms with Crippen molar-refractivity contribution in [1.82, 2.24) is 5.32 Å². The molecule has 92 valence electrons. The van der Waals surface area contributed by atoms with E-state index < -0.39 is 17.9 Å². The Morgan fingerprint density at radius 2 is 2.00 bits per heavy atom. The quantitative estimate of drug-likeness (QED) is 0.664. The fourth-order valence-electron chi connectivity index (χ4n) is 2.35. The molecule has 2 aliphatic heterocycles. The van der Waals surface area contributed by atoms with Crippen molar-refractivity contribution < 1.29 is 19.5 Å². The van der Waals surface area contributed by atoms with E-state index >= 15 is 0 Å². The second-order valence-corrected chi connectivity index (χ2v) is 4.35. The van der Waals surface area contributed by atoms with E-state index in [0.717, 1.165) is 0 Å². The molecule has 18 heavy (non-hydrogen) atoms. The zero-order chi connectivity index (χ0) is 12.9. The van der Waals surface area contributed by atoms with Crippen LogP contribution in [0.1, 0.15) is 27.1 Å². The van der Waals surface area contributed by atoms with Gasteiger partial charge in [-0.15, -0.1) is 0 Å². The van der Waals surface area contributed by atoms with Crippen LogP contribution in [-0.2, 0) is 4.79 Å². The zero-order valence-electron chi connectivity index (χ0n) is 9.34. The van der Waals surface area contributed by atoms with Gasteiger partial charge in [-0.3, -0.25) is 19.7 Å². The molecule has 2 N–H and O–H groups in total. The van der Waals surface area contributed by atoms with Crippen LogP contribution in [0, 0.1) is 0 Å². The third-order valence-corrected chi connectivity index (χ3v) is 3.14. The lowest BCUT2D eigenvalue weighted by Crippen LogP contribution is -2.27. The van der Waals surface area contributed by atoms with Gasteiger partial charge < -0.3 is 10.0 Å². The minimum atomic E-state index is -0.728. The van der Waals surface area contributed by atoms with Crippen LogP contribution in [-0.4, -0.2) is 35.5 Å². The molecule has 0 aromatic heterocycles. The number of aliphatic hydroxyl groups excluding tert-OH is 1. The van der Waals surface area contributed by atoms with E-state index in [-0.39, 0.29) is 30.0 Å². The smallest absolute Gasteiger partial charge is 0.261 e. The first-order valence-electron chi connectivity index (χ1n) is 5.55. The summed E-state index contributed by atoms with van der Waals surface area (Å²) < 4.78 is 0. The van der Waals surface area contributed by atoms with Gasteiger partial charge in [-0.05, 0) is 12.1 Å². The van der Waals surface area contributed by atoms with Crippen LogP contribution in [0.15, 0.2) is 18.2 Å². The van der Waals surface area contributed by atoms with Gasteiger partial charge >= 0.3 is 0 Å². The molecule has 1 fully saturated rings. The van der Waals surface area contributed by atoms with Crippen molar-refractivity contribution in [2.75, 3.05) is 11.4 Å². The van der Waals surface area contributed by atoms with E-state index in [0.29, 0.717) is 5.69 Å². The second kappa shape index (κ2) is 3.64. The maximum absolute atomic E-state index is 11.7. The molecule has 0 saturated carbocycles. The average molecular weight is 246 g/mol. The molecule has 1 aromatic carbocycles. The minimum absolute atomic E-state index is 0.0409. The van der Waals surface area contributed by atoms with Gasteiger partial charge in [-0.2, -0.15) is 0 Å². The fraction of sp³-hybridized carbons (Fsp3) is 0.250. The molecular weight excluding hydrogens is 236 g/mol. The third kappa shape index (κ3) is 1.42. The minimum Gasteiger partial charge on any atom is -0.391 e. The Labute approximate surface area is 102 Å². The number of nitrogens with zero attached hydrogens (tertiary/aromatic N) is 1. The Balaban J connectivity index is 2.12. The summed E-state index contributed by atoms with van der Waals surface area (Å²) in [5, 5.41) is 11.7. The Hall–Kier alpha value is -2.21. The predicted molar refractivity (Wildman–Crippen MR) is 61.2 cm³/mol. The van der Waals surface area contributed by atoms with Crippen molar-refractivity contribution >= 4 is 23.4 Å². The molecule has 1 saturated heterocycles. The summed E-state index contributed by atoms with van der Waals surface area (Å²) >= 11 is 0. The number of rotatable bonds is 1. The SMILES string of the molecule is O=C1NC(=O)c2c1cccc2N1CC(O)CC1=O. The molecule has 2 aliphatic rings. The zero-order valence-corrected chi connectivity index (χ0v) is 9.34. The molecule has 3 rings (SSSR count). The number of fused-ring (bicyclic) bond motifs is 1. The number of imide groups is 1. The van der Waals surface area contributed by atoms with Crippen LogP contribution >= 0.6 is 0 Å². The number of hydrogen-bond acceptors (Lipinski definition) is 4.